The molecule has 0 aliphatic carbocycles. The molecule has 0 atom stereocenters. The van der Waals surface area contributed by atoms with Crippen LogP contribution >= 0.6 is 11.8 Å². The second-order valence-electron chi connectivity index (χ2n) is 3.96. The molecule has 0 aromatic carbocycles. The number of thioether (sulfide) groups is 1. The summed E-state index contributed by atoms with van der Waals surface area (Å²) in [5.74, 6) is 0. The van der Waals surface area contributed by atoms with Crippen LogP contribution in [-0.2, 0) is 4.74 Å². The van der Waals surface area contributed by atoms with E-state index in [4.69, 9.17) is 4.74 Å². The summed E-state index contributed by atoms with van der Waals surface area (Å²) in [5, 5.41) is 5.60. The van der Waals surface area contributed by atoms with Crippen LogP contribution < -0.4 is 10.6 Å². The maximum Gasteiger partial charge on any atom is 0.407 e. The predicted octanol–water partition coefficient (Wildman–Crippen LogP) is 1.93. The number of nitrogens with one attached hydrogen (secondary N) is 2. The highest BCUT2D eigenvalue weighted by atomic mass is 32.2. The summed E-state index contributed by atoms with van der Waals surface area (Å²) in [5.41, 5.74) is -0.448. The fourth-order valence-electron chi connectivity index (χ4n) is 0.817. The molecule has 0 spiro atoms. The number of amides is 1. The highest BCUT2D eigenvalue weighted by Crippen LogP contribution is 2.10. The SMILES string of the molecule is CN/C=C(/CNC(=O)OC(C)(C)C)SC. The second-order valence-corrected chi connectivity index (χ2v) is 4.89. The van der Waals surface area contributed by atoms with Gasteiger partial charge in [-0.2, -0.15) is 0 Å². The van der Waals surface area contributed by atoms with Gasteiger partial charge in [0.25, 0.3) is 0 Å². The lowest BCUT2D eigenvalue weighted by Gasteiger charge is -2.19. The summed E-state index contributed by atoms with van der Waals surface area (Å²) in [6, 6.07) is 0. The van der Waals surface area contributed by atoms with Crippen LogP contribution in [0.5, 0.6) is 0 Å². The Morgan fingerprint density at radius 1 is 1.47 bits per heavy atom. The van der Waals surface area contributed by atoms with E-state index in [0.29, 0.717) is 6.54 Å². The van der Waals surface area contributed by atoms with Crippen molar-refractivity contribution < 1.29 is 9.53 Å². The standard InChI is InChI=1S/C10H20N2O2S/c1-10(2,3)14-9(13)12-7-8(15-5)6-11-4/h6,11H,7H2,1-5H3,(H,12,13)/b8-6-. The molecule has 0 radical (unpaired) electrons. The highest BCUT2D eigenvalue weighted by Gasteiger charge is 2.15. The molecule has 0 rings (SSSR count). The van der Waals surface area contributed by atoms with Crippen LogP contribution in [0.15, 0.2) is 11.1 Å². The Kier molecular flexibility index (Phi) is 6.24. The minimum Gasteiger partial charge on any atom is -0.444 e. The Hall–Kier alpha value is -0.840. The van der Waals surface area contributed by atoms with E-state index in [-0.39, 0.29) is 0 Å². The average Bonchev–Trinajstić information content (AvgIpc) is 2.09. The quantitative estimate of drug-likeness (QED) is 0.777. The molecule has 0 aromatic heterocycles. The number of hydrogen-bond acceptors (Lipinski definition) is 4. The first-order valence-electron chi connectivity index (χ1n) is 4.76. The van der Waals surface area contributed by atoms with E-state index in [1.165, 1.54) is 0 Å². The molecular formula is C10H20N2O2S. The number of alkyl carbamates (subject to hydrolysis) is 1. The zero-order valence-electron chi connectivity index (χ0n) is 10.0. The third kappa shape index (κ3) is 8.17. The van der Waals surface area contributed by atoms with Crippen molar-refractivity contribution in [2.45, 2.75) is 26.4 Å². The number of carbonyl (C=O) groups excluding carboxylic acids is 1. The zero-order chi connectivity index (χ0) is 11.9. The molecule has 0 bridgehead atoms. The Labute approximate surface area is 95.8 Å². The zero-order valence-corrected chi connectivity index (χ0v) is 10.8. The summed E-state index contributed by atoms with van der Waals surface area (Å²) in [6.07, 6.45) is 3.42. The number of hydrogen-bond donors (Lipinski definition) is 2. The molecule has 1 amide bonds. The van der Waals surface area contributed by atoms with Crippen molar-refractivity contribution in [2.24, 2.45) is 0 Å². The van der Waals surface area contributed by atoms with Gasteiger partial charge < -0.3 is 15.4 Å². The Balaban J connectivity index is 3.94. The first-order chi connectivity index (χ1) is 6.89. The van der Waals surface area contributed by atoms with Gasteiger partial charge in [-0.15, -0.1) is 11.8 Å². The monoisotopic (exact) mass is 232 g/mol. The molecule has 0 fully saturated rings. The van der Waals surface area contributed by atoms with Crippen LogP contribution in [0, 0.1) is 0 Å². The van der Waals surface area contributed by atoms with Crippen molar-refractivity contribution in [3.8, 4) is 0 Å². The summed E-state index contributed by atoms with van der Waals surface area (Å²) in [7, 11) is 1.82. The average molecular weight is 232 g/mol. The van der Waals surface area contributed by atoms with Crippen molar-refractivity contribution >= 4 is 17.9 Å². The summed E-state index contributed by atoms with van der Waals surface area (Å²) >= 11 is 1.58. The number of ether oxygens (including phenoxy) is 1. The largest absolute Gasteiger partial charge is 0.444 e. The predicted molar refractivity (Wildman–Crippen MR) is 64.9 cm³/mol. The van der Waals surface area contributed by atoms with E-state index >= 15 is 0 Å². The molecule has 0 heterocycles. The Bertz CT molecular complexity index is 234. The minimum absolute atomic E-state index is 0.390. The van der Waals surface area contributed by atoms with E-state index in [1.54, 1.807) is 11.8 Å². The van der Waals surface area contributed by atoms with Crippen molar-refractivity contribution in [3.63, 3.8) is 0 Å². The summed E-state index contributed by atoms with van der Waals surface area (Å²) in [4.78, 5) is 12.3. The van der Waals surface area contributed by atoms with Gasteiger partial charge in [-0.3, -0.25) is 0 Å². The molecule has 15 heavy (non-hydrogen) atoms. The lowest BCUT2D eigenvalue weighted by Crippen LogP contribution is -2.33. The van der Waals surface area contributed by atoms with Gasteiger partial charge in [0.05, 0.1) is 6.54 Å². The molecule has 88 valence electrons. The molecule has 4 nitrogen and oxygen atoms in total. The van der Waals surface area contributed by atoms with Crippen LogP contribution in [0.3, 0.4) is 0 Å². The number of rotatable bonds is 4. The first-order valence-corrected chi connectivity index (χ1v) is 5.98. The maximum atomic E-state index is 11.3. The Morgan fingerprint density at radius 2 is 2.07 bits per heavy atom. The molecule has 0 saturated heterocycles. The van der Waals surface area contributed by atoms with Gasteiger partial charge in [-0.25, -0.2) is 4.79 Å². The molecule has 5 heteroatoms. The summed E-state index contributed by atoms with van der Waals surface area (Å²) in [6.45, 7) is 6.00. The first kappa shape index (κ1) is 14.2. The lowest BCUT2D eigenvalue weighted by molar-refractivity contribution is 0.0533. The van der Waals surface area contributed by atoms with E-state index in [9.17, 15) is 4.79 Å². The van der Waals surface area contributed by atoms with Crippen molar-refractivity contribution in [3.05, 3.63) is 11.1 Å². The molecule has 0 aliphatic rings. The second kappa shape index (κ2) is 6.61. The van der Waals surface area contributed by atoms with Crippen LogP contribution in [0.25, 0.3) is 0 Å². The van der Waals surface area contributed by atoms with Crippen LogP contribution in [0.4, 0.5) is 4.79 Å². The van der Waals surface area contributed by atoms with Crippen molar-refractivity contribution in [1.82, 2.24) is 10.6 Å². The van der Waals surface area contributed by atoms with Gasteiger partial charge in [0.15, 0.2) is 0 Å². The van der Waals surface area contributed by atoms with Gasteiger partial charge in [-0.1, -0.05) is 0 Å². The summed E-state index contributed by atoms with van der Waals surface area (Å²) < 4.78 is 5.10. The van der Waals surface area contributed by atoms with E-state index < -0.39 is 11.7 Å². The van der Waals surface area contributed by atoms with E-state index in [2.05, 4.69) is 10.6 Å². The van der Waals surface area contributed by atoms with Gasteiger partial charge in [0.2, 0.25) is 0 Å². The van der Waals surface area contributed by atoms with Gasteiger partial charge in [0.1, 0.15) is 5.60 Å². The molecule has 0 aromatic rings. The normalized spacial score (nSPS) is 12.2. The highest BCUT2D eigenvalue weighted by molar-refractivity contribution is 8.02. The van der Waals surface area contributed by atoms with Gasteiger partial charge >= 0.3 is 6.09 Å². The molecule has 0 aliphatic heterocycles. The molecular weight excluding hydrogens is 212 g/mol. The van der Waals surface area contributed by atoms with Crippen molar-refractivity contribution in [2.75, 3.05) is 19.8 Å². The van der Waals surface area contributed by atoms with Crippen molar-refractivity contribution in [1.29, 1.82) is 0 Å². The van der Waals surface area contributed by atoms with E-state index in [1.807, 2.05) is 40.3 Å². The molecule has 2 N–H and O–H groups in total. The number of carbonyl (C=O) groups is 1. The van der Waals surface area contributed by atoms with Gasteiger partial charge in [-0.05, 0) is 27.0 Å². The Morgan fingerprint density at radius 3 is 2.47 bits per heavy atom. The fraction of sp³-hybridized carbons (Fsp3) is 0.700. The van der Waals surface area contributed by atoms with Gasteiger partial charge in [0, 0.05) is 18.2 Å². The third-order valence-electron chi connectivity index (χ3n) is 1.37. The minimum atomic E-state index is -0.448. The fourth-order valence-corrected chi connectivity index (χ4v) is 1.27. The maximum absolute atomic E-state index is 11.3. The third-order valence-corrected chi connectivity index (χ3v) is 2.16. The molecule has 0 unspecified atom stereocenters. The van der Waals surface area contributed by atoms with E-state index in [0.717, 1.165) is 4.91 Å². The topological polar surface area (TPSA) is 50.4 Å². The van der Waals surface area contributed by atoms with Crippen LogP contribution in [-0.4, -0.2) is 31.5 Å². The molecule has 0 saturated carbocycles. The smallest absolute Gasteiger partial charge is 0.407 e. The van der Waals surface area contributed by atoms with Crippen LogP contribution in [0.2, 0.25) is 0 Å². The lowest BCUT2D eigenvalue weighted by atomic mass is 10.2. The van der Waals surface area contributed by atoms with Crippen LogP contribution in [0.1, 0.15) is 20.8 Å².